The Hall–Kier alpha value is -4.96. The van der Waals surface area contributed by atoms with Crippen LogP contribution in [0.5, 0.6) is 0 Å². The molecule has 0 aliphatic heterocycles. The first-order valence-electron chi connectivity index (χ1n) is 14.3. The molecular formula is C34H24F8N6S2. The van der Waals surface area contributed by atoms with Crippen LogP contribution in [0, 0.1) is 46.5 Å². The normalized spacial score (nSPS) is 11.6. The number of benzene rings is 5. The second kappa shape index (κ2) is 15.3. The summed E-state index contributed by atoms with van der Waals surface area (Å²) in [6, 6.07) is 17.7. The van der Waals surface area contributed by atoms with Gasteiger partial charge in [-0.2, -0.15) is 10.2 Å². The van der Waals surface area contributed by atoms with E-state index in [1.54, 1.807) is 62.3 Å². The number of rotatable bonds is 10. The maximum atomic E-state index is 15.2. The van der Waals surface area contributed by atoms with Gasteiger partial charge in [0, 0.05) is 49.4 Å². The highest BCUT2D eigenvalue weighted by Gasteiger charge is 2.29. The number of hydrogen-bond donors (Lipinski definition) is 0. The minimum Gasteiger partial charge on any atom is -0.378 e. The van der Waals surface area contributed by atoms with Crippen molar-refractivity contribution in [3.8, 4) is 0 Å². The molecule has 0 N–H and O–H groups in total. The molecule has 0 atom stereocenters. The summed E-state index contributed by atoms with van der Waals surface area (Å²) in [6.45, 7) is 0. The van der Waals surface area contributed by atoms with Crippen LogP contribution in [0.25, 0.3) is 0 Å². The summed E-state index contributed by atoms with van der Waals surface area (Å²) in [6.07, 6.45) is 0. The van der Waals surface area contributed by atoms with Crippen LogP contribution in [0.1, 0.15) is 0 Å². The Morgan fingerprint density at radius 2 is 0.700 bits per heavy atom. The summed E-state index contributed by atoms with van der Waals surface area (Å²) in [7, 11) is 7.16. The summed E-state index contributed by atoms with van der Waals surface area (Å²) >= 11 is 0.355. The van der Waals surface area contributed by atoms with Crippen LogP contribution in [-0.2, 0) is 0 Å². The fourth-order valence-electron chi connectivity index (χ4n) is 4.24. The Morgan fingerprint density at radius 1 is 0.400 bits per heavy atom. The molecule has 0 saturated heterocycles. The van der Waals surface area contributed by atoms with E-state index >= 15 is 35.1 Å². The van der Waals surface area contributed by atoms with Gasteiger partial charge in [0.15, 0.2) is 57.9 Å². The molecule has 0 amide bonds. The van der Waals surface area contributed by atoms with E-state index in [-0.39, 0.29) is 44.7 Å². The van der Waals surface area contributed by atoms with Crippen LogP contribution in [0.15, 0.2) is 113 Å². The molecule has 0 unspecified atom stereocenters. The van der Waals surface area contributed by atoms with Gasteiger partial charge in [0.2, 0.25) is 0 Å². The van der Waals surface area contributed by atoms with Crippen molar-refractivity contribution in [1.29, 1.82) is 0 Å². The van der Waals surface area contributed by atoms with Crippen molar-refractivity contribution in [3.05, 3.63) is 119 Å². The van der Waals surface area contributed by atoms with E-state index in [1.165, 1.54) is 48.5 Å². The van der Waals surface area contributed by atoms with Gasteiger partial charge in [-0.05, 0) is 60.7 Å². The van der Waals surface area contributed by atoms with E-state index in [9.17, 15) is 0 Å². The summed E-state index contributed by atoms with van der Waals surface area (Å²) in [5.74, 6) is -14.6. The third kappa shape index (κ3) is 7.60. The first-order chi connectivity index (χ1) is 23.8. The lowest BCUT2D eigenvalue weighted by atomic mass is 10.2. The van der Waals surface area contributed by atoms with Crippen molar-refractivity contribution in [3.63, 3.8) is 0 Å². The summed E-state index contributed by atoms with van der Waals surface area (Å²) < 4.78 is 121. The summed E-state index contributed by atoms with van der Waals surface area (Å²) in [4.78, 5) is 0.977. The van der Waals surface area contributed by atoms with Gasteiger partial charge in [-0.3, -0.25) is 0 Å². The number of nitrogens with zero attached hydrogens (tertiary/aromatic N) is 6. The highest BCUT2D eigenvalue weighted by Crippen LogP contribution is 2.46. The monoisotopic (exact) mass is 732 g/mol. The molecule has 5 rings (SSSR count). The Bertz CT molecular complexity index is 1900. The van der Waals surface area contributed by atoms with E-state index in [2.05, 4.69) is 20.5 Å². The summed E-state index contributed by atoms with van der Waals surface area (Å²) in [5.41, 5.74) is -0.750. The Kier molecular flexibility index (Phi) is 11.1. The molecule has 5 aromatic rings. The lowest BCUT2D eigenvalue weighted by molar-refractivity contribution is 0.428. The predicted molar refractivity (Wildman–Crippen MR) is 177 cm³/mol. The molecule has 0 aliphatic carbocycles. The Labute approximate surface area is 289 Å². The molecule has 258 valence electrons. The fourth-order valence-corrected chi connectivity index (χ4v) is 6.28. The van der Waals surface area contributed by atoms with Crippen LogP contribution in [0.4, 0.5) is 69.2 Å². The van der Waals surface area contributed by atoms with Crippen LogP contribution in [0.2, 0.25) is 0 Å². The second-order valence-corrected chi connectivity index (χ2v) is 12.8. The number of halogens is 8. The lowest BCUT2D eigenvalue weighted by Crippen LogP contribution is -2.07. The van der Waals surface area contributed by atoms with Crippen molar-refractivity contribution < 1.29 is 35.1 Å². The van der Waals surface area contributed by atoms with Gasteiger partial charge < -0.3 is 9.80 Å². The van der Waals surface area contributed by atoms with Gasteiger partial charge in [-0.25, -0.2) is 35.1 Å². The van der Waals surface area contributed by atoms with Crippen molar-refractivity contribution in [2.45, 2.75) is 19.6 Å². The van der Waals surface area contributed by atoms with Crippen LogP contribution >= 0.6 is 23.5 Å². The molecule has 0 radical (unpaired) electrons. The highest BCUT2D eigenvalue weighted by molar-refractivity contribution is 8.02. The van der Waals surface area contributed by atoms with E-state index in [0.29, 0.717) is 0 Å². The van der Waals surface area contributed by atoms with Crippen LogP contribution in [0.3, 0.4) is 0 Å². The molecule has 16 heteroatoms. The molecule has 0 aromatic heterocycles. The largest absolute Gasteiger partial charge is 0.378 e. The molecule has 5 aromatic carbocycles. The first-order valence-corrected chi connectivity index (χ1v) is 16.0. The molecule has 50 heavy (non-hydrogen) atoms. The van der Waals surface area contributed by atoms with Crippen molar-refractivity contribution in [2.75, 3.05) is 38.0 Å². The number of anilines is 2. The van der Waals surface area contributed by atoms with Gasteiger partial charge in [0.1, 0.15) is 0 Å². The number of azo groups is 2. The molecule has 0 spiro atoms. The SMILES string of the molecule is CN(C)c1ccc(N=Nc2c(F)c(F)c(Sc3ccccc3Sc3c(F)c(F)c(N=Nc4ccc(N(C)C)cc4)c(F)c3F)c(F)c2F)cc1. The average Bonchev–Trinajstić information content (AvgIpc) is 3.11. The van der Waals surface area contributed by atoms with E-state index < -0.39 is 67.7 Å². The zero-order chi connectivity index (χ0) is 36.3. The fraction of sp³-hybridized carbons (Fsp3) is 0.118. The summed E-state index contributed by atoms with van der Waals surface area (Å²) in [5, 5.41) is 14.1. The van der Waals surface area contributed by atoms with Crippen molar-refractivity contribution in [2.24, 2.45) is 20.5 Å². The van der Waals surface area contributed by atoms with Crippen LogP contribution in [-0.4, -0.2) is 28.2 Å². The smallest absolute Gasteiger partial charge is 0.190 e. The van der Waals surface area contributed by atoms with E-state index in [0.717, 1.165) is 11.4 Å². The molecule has 0 heterocycles. The molecule has 0 aliphatic rings. The average molecular weight is 733 g/mol. The van der Waals surface area contributed by atoms with Crippen molar-refractivity contribution >= 4 is 57.6 Å². The predicted octanol–water partition coefficient (Wildman–Crippen LogP) is 12.1. The third-order valence-electron chi connectivity index (χ3n) is 6.94. The zero-order valence-electron chi connectivity index (χ0n) is 26.5. The molecular weight excluding hydrogens is 709 g/mol. The standard InChI is InChI=1S/C34H24F8N6S2/c1-47(2)19-13-9-17(10-14-19)43-45-31-23(35)27(39)33(28(40)24(31)36)49-21-7-5-6-8-22(21)50-34-29(41)25(37)32(26(38)30(34)42)46-44-18-11-15-20(16-12-18)48(3)4/h5-16H,1-4H3. The Morgan fingerprint density at radius 3 is 0.980 bits per heavy atom. The zero-order valence-corrected chi connectivity index (χ0v) is 28.1. The molecule has 0 fully saturated rings. The number of hydrogen-bond acceptors (Lipinski definition) is 8. The van der Waals surface area contributed by atoms with Gasteiger partial charge in [0.25, 0.3) is 0 Å². The minimum atomic E-state index is -1.84. The molecule has 6 nitrogen and oxygen atoms in total. The maximum Gasteiger partial charge on any atom is 0.190 e. The maximum absolute atomic E-state index is 15.2. The third-order valence-corrected chi connectivity index (χ3v) is 9.34. The van der Waals surface area contributed by atoms with E-state index in [4.69, 9.17) is 0 Å². The van der Waals surface area contributed by atoms with Gasteiger partial charge in [-0.15, -0.1) is 10.2 Å². The Balaban J connectivity index is 1.43. The van der Waals surface area contributed by atoms with Crippen molar-refractivity contribution in [1.82, 2.24) is 0 Å². The second-order valence-electron chi connectivity index (χ2n) is 10.7. The highest BCUT2D eigenvalue weighted by atomic mass is 32.2. The quantitative estimate of drug-likeness (QED) is 0.0815. The van der Waals surface area contributed by atoms with Crippen LogP contribution < -0.4 is 9.80 Å². The van der Waals surface area contributed by atoms with Gasteiger partial charge in [0.05, 0.1) is 21.2 Å². The first kappa shape index (κ1) is 36.3. The lowest BCUT2D eigenvalue weighted by Gasteiger charge is -2.13. The van der Waals surface area contributed by atoms with E-state index in [1.807, 2.05) is 0 Å². The van der Waals surface area contributed by atoms with Gasteiger partial charge in [-0.1, -0.05) is 35.7 Å². The minimum absolute atomic E-state index is 0.151. The van der Waals surface area contributed by atoms with Gasteiger partial charge >= 0.3 is 0 Å². The molecule has 0 saturated carbocycles. The molecule has 0 bridgehead atoms. The topological polar surface area (TPSA) is 55.9 Å².